The Morgan fingerprint density at radius 1 is 1.31 bits per heavy atom. The topological polar surface area (TPSA) is 66.0 Å². The molecule has 0 aromatic heterocycles. The van der Waals surface area contributed by atoms with Crippen molar-refractivity contribution in [2.75, 3.05) is 38.8 Å². The first kappa shape index (κ1) is 18.9. The van der Waals surface area contributed by atoms with Crippen LogP contribution in [0.25, 0.3) is 0 Å². The molecule has 2 aliphatic heterocycles. The molecule has 3 rings (SSSR count). The van der Waals surface area contributed by atoms with Crippen molar-refractivity contribution in [3.8, 4) is 5.75 Å². The molecule has 0 radical (unpaired) electrons. The summed E-state index contributed by atoms with van der Waals surface area (Å²) < 4.78 is 5.75. The van der Waals surface area contributed by atoms with Crippen LogP contribution in [-0.2, 0) is 4.79 Å². The predicted octanol–water partition coefficient (Wildman–Crippen LogP) is 2.03. The standard InChI is InChI=1S/C19H28N4O2S/c1-23(2)18(24)12-20-19(21-14-6-5-11-26-13-14)22-16-9-10-25-17-8-4-3-7-15(16)17/h3-4,7-8,14,16H,5-6,9-13H2,1-2H3,(H2,20,21,22). The van der Waals surface area contributed by atoms with E-state index in [4.69, 9.17) is 4.74 Å². The van der Waals surface area contributed by atoms with Crippen LogP contribution in [0.3, 0.4) is 0 Å². The first-order valence-corrected chi connectivity index (χ1v) is 10.4. The van der Waals surface area contributed by atoms with E-state index in [1.165, 1.54) is 12.2 Å². The predicted molar refractivity (Wildman–Crippen MR) is 107 cm³/mol. The summed E-state index contributed by atoms with van der Waals surface area (Å²) in [5.74, 6) is 3.94. The van der Waals surface area contributed by atoms with Crippen molar-refractivity contribution in [1.29, 1.82) is 0 Å². The van der Waals surface area contributed by atoms with Crippen LogP contribution < -0.4 is 15.4 Å². The van der Waals surface area contributed by atoms with Gasteiger partial charge in [0.15, 0.2) is 5.96 Å². The molecule has 2 heterocycles. The zero-order chi connectivity index (χ0) is 18.4. The maximum Gasteiger partial charge on any atom is 0.243 e. The third-order valence-corrected chi connectivity index (χ3v) is 5.86. The molecule has 2 N–H and O–H groups in total. The van der Waals surface area contributed by atoms with Gasteiger partial charge < -0.3 is 20.3 Å². The lowest BCUT2D eigenvalue weighted by Crippen LogP contribution is -2.47. The summed E-state index contributed by atoms with van der Waals surface area (Å²) >= 11 is 1.97. The minimum Gasteiger partial charge on any atom is -0.493 e. The van der Waals surface area contributed by atoms with E-state index in [0.29, 0.717) is 12.6 Å². The molecule has 0 saturated carbocycles. The number of para-hydroxylation sites is 1. The van der Waals surface area contributed by atoms with Gasteiger partial charge in [-0.15, -0.1) is 0 Å². The van der Waals surface area contributed by atoms with Crippen molar-refractivity contribution in [3.05, 3.63) is 29.8 Å². The first-order chi connectivity index (χ1) is 12.6. The Bertz CT molecular complexity index is 644. The third-order valence-electron chi connectivity index (χ3n) is 4.64. The highest BCUT2D eigenvalue weighted by Gasteiger charge is 2.23. The molecule has 7 heteroatoms. The molecule has 0 spiro atoms. The Balaban J connectivity index is 1.72. The number of aliphatic imine (C=N–C) groups is 1. The monoisotopic (exact) mass is 376 g/mol. The lowest BCUT2D eigenvalue weighted by atomic mass is 10.0. The fraction of sp³-hybridized carbons (Fsp3) is 0.579. The van der Waals surface area contributed by atoms with E-state index in [-0.39, 0.29) is 18.5 Å². The summed E-state index contributed by atoms with van der Waals surface area (Å²) in [6.45, 7) is 0.824. The van der Waals surface area contributed by atoms with Gasteiger partial charge in [-0.3, -0.25) is 4.79 Å². The smallest absolute Gasteiger partial charge is 0.243 e. The van der Waals surface area contributed by atoms with Gasteiger partial charge in [0.25, 0.3) is 0 Å². The number of thioether (sulfide) groups is 1. The van der Waals surface area contributed by atoms with E-state index in [9.17, 15) is 4.79 Å². The summed E-state index contributed by atoms with van der Waals surface area (Å²) in [6, 6.07) is 8.64. The molecule has 1 aromatic rings. The van der Waals surface area contributed by atoms with Crippen LogP contribution in [0.1, 0.15) is 30.9 Å². The lowest BCUT2D eigenvalue weighted by Gasteiger charge is -2.30. The maximum atomic E-state index is 12.0. The molecule has 2 unspecified atom stereocenters. The zero-order valence-electron chi connectivity index (χ0n) is 15.5. The van der Waals surface area contributed by atoms with Gasteiger partial charge in [-0.25, -0.2) is 4.99 Å². The SMILES string of the molecule is CN(C)C(=O)CN=C(NC1CCCSC1)NC1CCOc2ccccc21. The minimum absolute atomic E-state index is 0.00324. The number of ether oxygens (including phenoxy) is 1. The highest BCUT2D eigenvalue weighted by Crippen LogP contribution is 2.31. The molecule has 2 atom stereocenters. The van der Waals surface area contributed by atoms with Gasteiger partial charge in [-0.05, 0) is 24.7 Å². The summed E-state index contributed by atoms with van der Waals surface area (Å²) in [5.41, 5.74) is 1.14. The molecule has 26 heavy (non-hydrogen) atoms. The number of carbonyl (C=O) groups is 1. The van der Waals surface area contributed by atoms with Crippen LogP contribution in [-0.4, -0.2) is 61.6 Å². The number of rotatable bonds is 4. The van der Waals surface area contributed by atoms with Crippen LogP contribution in [0.4, 0.5) is 0 Å². The molecule has 1 amide bonds. The highest BCUT2D eigenvalue weighted by molar-refractivity contribution is 7.99. The van der Waals surface area contributed by atoms with E-state index < -0.39 is 0 Å². The lowest BCUT2D eigenvalue weighted by molar-refractivity contribution is -0.127. The molecule has 0 bridgehead atoms. The molecule has 0 aliphatic carbocycles. The van der Waals surface area contributed by atoms with Crippen LogP contribution in [0.15, 0.2) is 29.3 Å². The zero-order valence-corrected chi connectivity index (χ0v) is 16.3. The Morgan fingerprint density at radius 3 is 2.92 bits per heavy atom. The average Bonchev–Trinajstić information content (AvgIpc) is 2.67. The van der Waals surface area contributed by atoms with Gasteiger partial charge >= 0.3 is 0 Å². The Labute approximate surface area is 159 Å². The van der Waals surface area contributed by atoms with Gasteiger partial charge in [0.2, 0.25) is 5.91 Å². The minimum atomic E-state index is -0.00324. The Morgan fingerprint density at radius 2 is 2.15 bits per heavy atom. The number of nitrogens with one attached hydrogen (secondary N) is 2. The molecule has 6 nitrogen and oxygen atoms in total. The van der Waals surface area contributed by atoms with E-state index >= 15 is 0 Å². The quantitative estimate of drug-likeness (QED) is 0.622. The number of hydrogen-bond donors (Lipinski definition) is 2. The van der Waals surface area contributed by atoms with Crippen LogP contribution in [0, 0.1) is 0 Å². The Hall–Kier alpha value is -1.89. The molecule has 1 aromatic carbocycles. The van der Waals surface area contributed by atoms with Crippen molar-refractivity contribution in [2.45, 2.75) is 31.3 Å². The van der Waals surface area contributed by atoms with Gasteiger partial charge in [-0.2, -0.15) is 11.8 Å². The van der Waals surface area contributed by atoms with Crippen LogP contribution >= 0.6 is 11.8 Å². The summed E-state index contributed by atoms with van der Waals surface area (Å²) in [4.78, 5) is 18.1. The summed E-state index contributed by atoms with van der Waals surface area (Å²) in [7, 11) is 3.51. The van der Waals surface area contributed by atoms with Crippen molar-refractivity contribution in [2.24, 2.45) is 4.99 Å². The molecule has 2 aliphatic rings. The number of benzene rings is 1. The van der Waals surface area contributed by atoms with Crippen molar-refractivity contribution < 1.29 is 9.53 Å². The number of fused-ring (bicyclic) bond motifs is 1. The second-order valence-electron chi connectivity index (χ2n) is 6.88. The number of likely N-dealkylation sites (N-methyl/N-ethyl adjacent to an activating group) is 1. The van der Waals surface area contributed by atoms with Gasteiger partial charge in [0.05, 0.1) is 12.6 Å². The van der Waals surface area contributed by atoms with Crippen molar-refractivity contribution in [1.82, 2.24) is 15.5 Å². The molecule has 1 saturated heterocycles. The number of carbonyl (C=O) groups excluding carboxylic acids is 1. The first-order valence-electron chi connectivity index (χ1n) is 9.20. The van der Waals surface area contributed by atoms with Crippen LogP contribution in [0.2, 0.25) is 0 Å². The molecule has 1 fully saturated rings. The normalized spacial score (nSPS) is 22.8. The average molecular weight is 377 g/mol. The van der Waals surface area contributed by atoms with E-state index in [2.05, 4.69) is 21.7 Å². The molecular formula is C19H28N4O2S. The van der Waals surface area contributed by atoms with E-state index in [1.807, 2.05) is 30.0 Å². The van der Waals surface area contributed by atoms with Crippen LogP contribution in [0.5, 0.6) is 5.75 Å². The van der Waals surface area contributed by atoms with Gasteiger partial charge in [0, 0.05) is 37.9 Å². The number of nitrogens with zero attached hydrogens (tertiary/aromatic N) is 2. The largest absolute Gasteiger partial charge is 0.493 e. The van der Waals surface area contributed by atoms with Gasteiger partial charge in [0.1, 0.15) is 12.3 Å². The maximum absolute atomic E-state index is 12.0. The number of hydrogen-bond acceptors (Lipinski definition) is 4. The summed E-state index contributed by atoms with van der Waals surface area (Å²) in [5, 5.41) is 7.07. The van der Waals surface area contributed by atoms with Gasteiger partial charge in [-0.1, -0.05) is 18.2 Å². The Kier molecular flexibility index (Phi) is 6.66. The van der Waals surface area contributed by atoms with Crippen molar-refractivity contribution in [3.63, 3.8) is 0 Å². The van der Waals surface area contributed by atoms with E-state index in [0.717, 1.165) is 35.9 Å². The second-order valence-corrected chi connectivity index (χ2v) is 8.03. The fourth-order valence-corrected chi connectivity index (χ4v) is 4.20. The number of guanidine groups is 1. The summed E-state index contributed by atoms with van der Waals surface area (Å²) in [6.07, 6.45) is 3.23. The van der Waals surface area contributed by atoms with Crippen molar-refractivity contribution >= 4 is 23.6 Å². The third kappa shape index (κ3) is 5.06. The second kappa shape index (κ2) is 9.16. The molecular weight excluding hydrogens is 348 g/mol. The number of amides is 1. The molecule has 142 valence electrons. The van der Waals surface area contributed by atoms with E-state index in [1.54, 1.807) is 19.0 Å². The fourth-order valence-electron chi connectivity index (χ4n) is 3.13. The highest BCUT2D eigenvalue weighted by atomic mass is 32.2.